The molecule has 0 bridgehead atoms. The highest BCUT2D eigenvalue weighted by Crippen LogP contribution is 2.15. The second-order valence-electron chi connectivity index (χ2n) is 2.17. The maximum atomic E-state index is 3.87. The van der Waals surface area contributed by atoms with E-state index in [4.69, 9.17) is 0 Å². The normalized spacial score (nSPS) is 17.8. The maximum Gasteiger partial charge on any atom is 0.105 e. The predicted molar refractivity (Wildman–Crippen MR) is 42.9 cm³/mol. The van der Waals surface area contributed by atoms with E-state index in [0.29, 0.717) is 0 Å². The standard InChI is InChI=1S/C8H12N2/c1-4-9-6-7-10(5-2)8(9)3/h4-5H,1-3,6-7H2. The van der Waals surface area contributed by atoms with Gasteiger partial charge in [0.25, 0.3) is 0 Å². The third kappa shape index (κ3) is 0.923. The van der Waals surface area contributed by atoms with Crippen LogP contribution in [0.15, 0.2) is 38.0 Å². The minimum absolute atomic E-state index is 0.963. The quantitative estimate of drug-likeness (QED) is 0.565. The first-order valence-electron chi connectivity index (χ1n) is 3.27. The monoisotopic (exact) mass is 136 g/mol. The Morgan fingerprint density at radius 1 is 1.10 bits per heavy atom. The third-order valence-corrected chi connectivity index (χ3v) is 1.69. The van der Waals surface area contributed by atoms with Crippen LogP contribution >= 0.6 is 0 Å². The Labute approximate surface area is 61.7 Å². The molecule has 0 saturated carbocycles. The Bertz CT molecular complexity index is 154. The highest BCUT2D eigenvalue weighted by Gasteiger charge is 2.17. The fourth-order valence-corrected chi connectivity index (χ4v) is 1.03. The van der Waals surface area contributed by atoms with E-state index in [-0.39, 0.29) is 0 Å². The fraction of sp³-hybridized carbons (Fsp3) is 0.250. The first-order valence-corrected chi connectivity index (χ1v) is 3.27. The Kier molecular flexibility index (Phi) is 1.81. The molecule has 0 aromatic heterocycles. The average molecular weight is 136 g/mol. The topological polar surface area (TPSA) is 6.48 Å². The van der Waals surface area contributed by atoms with Gasteiger partial charge in [-0.2, -0.15) is 0 Å². The highest BCUT2D eigenvalue weighted by atomic mass is 15.4. The van der Waals surface area contributed by atoms with Crippen LogP contribution in [0.5, 0.6) is 0 Å². The molecule has 54 valence electrons. The first kappa shape index (κ1) is 6.93. The summed E-state index contributed by atoms with van der Waals surface area (Å²) in [5, 5.41) is 0. The summed E-state index contributed by atoms with van der Waals surface area (Å²) < 4.78 is 0. The number of nitrogens with zero attached hydrogens (tertiary/aromatic N) is 2. The second kappa shape index (κ2) is 2.60. The number of rotatable bonds is 2. The van der Waals surface area contributed by atoms with Crippen LogP contribution in [-0.2, 0) is 0 Å². The summed E-state index contributed by atoms with van der Waals surface area (Å²) in [5.74, 6) is 0.963. The van der Waals surface area contributed by atoms with E-state index in [2.05, 4.69) is 19.7 Å². The van der Waals surface area contributed by atoms with Crippen molar-refractivity contribution in [1.82, 2.24) is 9.80 Å². The smallest absolute Gasteiger partial charge is 0.105 e. The molecular weight excluding hydrogens is 124 g/mol. The summed E-state index contributed by atoms with van der Waals surface area (Å²) in [6, 6.07) is 0. The van der Waals surface area contributed by atoms with Gasteiger partial charge in [-0.1, -0.05) is 19.7 Å². The number of hydrogen-bond donors (Lipinski definition) is 0. The molecule has 0 amide bonds. The van der Waals surface area contributed by atoms with Crippen LogP contribution in [0.1, 0.15) is 0 Å². The zero-order valence-corrected chi connectivity index (χ0v) is 6.08. The minimum atomic E-state index is 0.963. The summed E-state index contributed by atoms with van der Waals surface area (Å²) in [6.45, 7) is 13.1. The van der Waals surface area contributed by atoms with Crippen molar-refractivity contribution < 1.29 is 0 Å². The number of hydrogen-bond acceptors (Lipinski definition) is 2. The van der Waals surface area contributed by atoms with Crippen LogP contribution < -0.4 is 0 Å². The molecular formula is C8H12N2. The van der Waals surface area contributed by atoms with Gasteiger partial charge in [-0.15, -0.1) is 0 Å². The molecule has 0 radical (unpaired) electrons. The highest BCUT2D eigenvalue weighted by molar-refractivity contribution is 5.06. The summed E-state index contributed by atoms with van der Waals surface area (Å²) in [5.41, 5.74) is 0. The van der Waals surface area contributed by atoms with Crippen LogP contribution in [0.3, 0.4) is 0 Å². The summed E-state index contributed by atoms with van der Waals surface area (Å²) in [6.07, 6.45) is 3.57. The summed E-state index contributed by atoms with van der Waals surface area (Å²) in [4.78, 5) is 4.00. The van der Waals surface area contributed by atoms with Crippen molar-refractivity contribution in [2.75, 3.05) is 13.1 Å². The first-order chi connectivity index (χ1) is 4.79. The van der Waals surface area contributed by atoms with Gasteiger partial charge in [-0.3, -0.25) is 0 Å². The van der Waals surface area contributed by atoms with Gasteiger partial charge in [0.1, 0.15) is 5.82 Å². The molecule has 0 aromatic carbocycles. The van der Waals surface area contributed by atoms with Gasteiger partial charge in [0.05, 0.1) is 0 Å². The van der Waals surface area contributed by atoms with E-state index in [9.17, 15) is 0 Å². The van der Waals surface area contributed by atoms with E-state index in [1.165, 1.54) is 0 Å². The fourth-order valence-electron chi connectivity index (χ4n) is 1.03. The Morgan fingerprint density at radius 3 is 1.70 bits per heavy atom. The van der Waals surface area contributed by atoms with Crippen molar-refractivity contribution in [3.63, 3.8) is 0 Å². The molecule has 1 aliphatic rings. The van der Waals surface area contributed by atoms with Crippen LogP contribution in [0.4, 0.5) is 0 Å². The van der Waals surface area contributed by atoms with Gasteiger partial charge in [-0.05, 0) is 12.4 Å². The Morgan fingerprint density at radius 2 is 1.50 bits per heavy atom. The lowest BCUT2D eigenvalue weighted by molar-refractivity contribution is 0.486. The van der Waals surface area contributed by atoms with Crippen molar-refractivity contribution in [1.29, 1.82) is 0 Å². The molecule has 0 N–H and O–H groups in total. The Balaban J connectivity index is 2.66. The largest absolute Gasteiger partial charge is 0.334 e. The predicted octanol–water partition coefficient (Wildman–Crippen LogP) is 1.36. The zero-order valence-electron chi connectivity index (χ0n) is 6.08. The van der Waals surface area contributed by atoms with Crippen LogP contribution in [0, 0.1) is 0 Å². The molecule has 1 aliphatic heterocycles. The molecule has 0 atom stereocenters. The molecule has 2 nitrogen and oxygen atoms in total. The molecule has 1 saturated heterocycles. The van der Waals surface area contributed by atoms with Gasteiger partial charge in [0.2, 0.25) is 0 Å². The van der Waals surface area contributed by atoms with Crippen molar-refractivity contribution in [3.05, 3.63) is 38.0 Å². The molecule has 1 rings (SSSR count). The second-order valence-corrected chi connectivity index (χ2v) is 2.17. The van der Waals surface area contributed by atoms with Crippen molar-refractivity contribution in [2.45, 2.75) is 0 Å². The molecule has 0 aromatic rings. The molecule has 0 unspecified atom stereocenters. The van der Waals surface area contributed by atoms with Gasteiger partial charge in [0.15, 0.2) is 0 Å². The van der Waals surface area contributed by atoms with Gasteiger partial charge < -0.3 is 9.80 Å². The van der Waals surface area contributed by atoms with Crippen LogP contribution in [-0.4, -0.2) is 22.9 Å². The molecule has 1 heterocycles. The van der Waals surface area contributed by atoms with Gasteiger partial charge in [-0.25, -0.2) is 0 Å². The van der Waals surface area contributed by atoms with Crippen molar-refractivity contribution in [3.8, 4) is 0 Å². The summed E-state index contributed by atoms with van der Waals surface area (Å²) in [7, 11) is 0. The van der Waals surface area contributed by atoms with Crippen LogP contribution in [0.2, 0.25) is 0 Å². The lowest BCUT2D eigenvalue weighted by atomic mass is 10.6. The van der Waals surface area contributed by atoms with Gasteiger partial charge >= 0.3 is 0 Å². The molecule has 0 spiro atoms. The molecule has 10 heavy (non-hydrogen) atoms. The van der Waals surface area contributed by atoms with Gasteiger partial charge in [0, 0.05) is 13.1 Å². The maximum absolute atomic E-state index is 3.87. The Hall–Kier alpha value is -1.18. The van der Waals surface area contributed by atoms with E-state index in [0.717, 1.165) is 18.9 Å². The van der Waals surface area contributed by atoms with E-state index >= 15 is 0 Å². The molecule has 2 heteroatoms. The summed E-state index contributed by atoms with van der Waals surface area (Å²) >= 11 is 0. The molecule has 0 aliphatic carbocycles. The average Bonchev–Trinajstić information content (AvgIpc) is 2.30. The minimum Gasteiger partial charge on any atom is -0.334 e. The van der Waals surface area contributed by atoms with Crippen LogP contribution in [0.25, 0.3) is 0 Å². The van der Waals surface area contributed by atoms with E-state index < -0.39 is 0 Å². The SMILES string of the molecule is C=CN1CCN(C=C)C1=C. The lowest BCUT2D eigenvalue weighted by Crippen LogP contribution is -2.12. The lowest BCUT2D eigenvalue weighted by Gasteiger charge is -2.16. The van der Waals surface area contributed by atoms with Crippen molar-refractivity contribution in [2.24, 2.45) is 0 Å². The third-order valence-electron chi connectivity index (χ3n) is 1.69. The molecule has 1 fully saturated rings. The zero-order chi connectivity index (χ0) is 7.56. The van der Waals surface area contributed by atoms with E-state index in [1.807, 2.05) is 9.80 Å². The van der Waals surface area contributed by atoms with Crippen molar-refractivity contribution >= 4 is 0 Å². The van der Waals surface area contributed by atoms with E-state index in [1.54, 1.807) is 12.4 Å².